The first-order valence-corrected chi connectivity index (χ1v) is 6.79. The van der Waals surface area contributed by atoms with E-state index in [2.05, 4.69) is 27.6 Å². The van der Waals surface area contributed by atoms with Gasteiger partial charge in [-0.15, -0.1) is 0 Å². The molecule has 2 N–H and O–H groups in total. The zero-order chi connectivity index (χ0) is 13.7. The lowest BCUT2D eigenvalue weighted by atomic mass is 9.98. The van der Waals surface area contributed by atoms with Crippen LogP contribution in [0.2, 0.25) is 0 Å². The van der Waals surface area contributed by atoms with Crippen LogP contribution in [0, 0.1) is 5.92 Å². The molecule has 5 heteroatoms. The summed E-state index contributed by atoms with van der Waals surface area (Å²) in [6.07, 6.45) is 4.05. The number of anilines is 1. The molecule has 1 fully saturated rings. The Kier molecular flexibility index (Phi) is 4.74. The van der Waals surface area contributed by atoms with Gasteiger partial charge in [-0.1, -0.05) is 0 Å². The largest absolute Gasteiger partial charge is 0.388 e. The van der Waals surface area contributed by atoms with Crippen LogP contribution >= 0.6 is 0 Å². The number of likely N-dealkylation sites (tertiary alicyclic amines) is 1. The predicted molar refractivity (Wildman–Crippen MR) is 76.3 cm³/mol. The zero-order valence-corrected chi connectivity index (χ0v) is 11.6. The molecule has 1 atom stereocenters. The fourth-order valence-corrected chi connectivity index (χ4v) is 2.48. The van der Waals surface area contributed by atoms with E-state index >= 15 is 0 Å². The van der Waals surface area contributed by atoms with Crippen LogP contribution in [0.25, 0.3) is 0 Å². The van der Waals surface area contributed by atoms with Crippen molar-refractivity contribution in [2.45, 2.75) is 12.8 Å². The lowest BCUT2D eigenvalue weighted by Gasteiger charge is -2.29. The lowest BCUT2D eigenvalue weighted by molar-refractivity contribution is 0.0932. The second-order valence-electron chi connectivity index (χ2n) is 5.16. The van der Waals surface area contributed by atoms with Crippen LogP contribution in [0.15, 0.2) is 18.3 Å². The quantitative estimate of drug-likeness (QED) is 0.856. The maximum absolute atomic E-state index is 12.0. The highest BCUT2D eigenvalue weighted by Crippen LogP contribution is 2.14. The van der Waals surface area contributed by atoms with Crippen LogP contribution in [0.4, 0.5) is 5.69 Å². The van der Waals surface area contributed by atoms with E-state index < -0.39 is 0 Å². The number of rotatable bonds is 4. The third kappa shape index (κ3) is 3.92. The Morgan fingerprint density at radius 3 is 3.16 bits per heavy atom. The fourth-order valence-electron chi connectivity index (χ4n) is 2.48. The van der Waals surface area contributed by atoms with Gasteiger partial charge in [-0.05, 0) is 44.5 Å². The van der Waals surface area contributed by atoms with Gasteiger partial charge < -0.3 is 15.5 Å². The number of hydrogen-bond acceptors (Lipinski definition) is 4. The topological polar surface area (TPSA) is 57.3 Å². The average molecular weight is 262 g/mol. The minimum Gasteiger partial charge on any atom is -0.388 e. The molecule has 104 valence electrons. The molecule has 0 spiro atoms. The lowest BCUT2D eigenvalue weighted by Crippen LogP contribution is -2.39. The molecule has 0 aliphatic carbocycles. The number of piperidine rings is 1. The summed E-state index contributed by atoms with van der Waals surface area (Å²) in [7, 11) is 3.96. The number of nitrogens with one attached hydrogen (secondary N) is 2. The highest BCUT2D eigenvalue weighted by molar-refractivity contribution is 5.93. The van der Waals surface area contributed by atoms with E-state index in [1.165, 1.54) is 12.8 Å². The van der Waals surface area contributed by atoms with Crippen molar-refractivity contribution in [1.29, 1.82) is 0 Å². The minimum atomic E-state index is -0.0923. The van der Waals surface area contributed by atoms with Crippen molar-refractivity contribution in [2.75, 3.05) is 39.0 Å². The van der Waals surface area contributed by atoms with Crippen molar-refractivity contribution >= 4 is 11.6 Å². The third-order valence-electron chi connectivity index (χ3n) is 3.55. The van der Waals surface area contributed by atoms with Crippen LogP contribution < -0.4 is 10.6 Å². The van der Waals surface area contributed by atoms with E-state index in [1.54, 1.807) is 12.3 Å². The first-order chi connectivity index (χ1) is 9.19. The maximum atomic E-state index is 12.0. The van der Waals surface area contributed by atoms with Gasteiger partial charge in [-0.2, -0.15) is 0 Å². The first-order valence-electron chi connectivity index (χ1n) is 6.79. The highest BCUT2D eigenvalue weighted by Gasteiger charge is 2.18. The molecular weight excluding hydrogens is 240 g/mol. The van der Waals surface area contributed by atoms with Crippen molar-refractivity contribution in [1.82, 2.24) is 15.2 Å². The molecule has 2 heterocycles. The Morgan fingerprint density at radius 2 is 2.42 bits per heavy atom. The van der Waals surface area contributed by atoms with Crippen molar-refractivity contribution in [2.24, 2.45) is 5.92 Å². The molecule has 1 aliphatic heterocycles. The van der Waals surface area contributed by atoms with Gasteiger partial charge in [0.25, 0.3) is 5.91 Å². The van der Waals surface area contributed by atoms with Gasteiger partial charge in [0.1, 0.15) is 5.69 Å². The highest BCUT2D eigenvalue weighted by atomic mass is 16.1. The monoisotopic (exact) mass is 262 g/mol. The number of carbonyl (C=O) groups excluding carboxylic acids is 1. The van der Waals surface area contributed by atoms with Gasteiger partial charge in [0.05, 0.1) is 0 Å². The van der Waals surface area contributed by atoms with E-state index in [4.69, 9.17) is 0 Å². The standard InChI is InChI=1S/C14H22N4O/c1-15-12-5-6-16-13(8-12)14(19)17-9-11-4-3-7-18(2)10-11/h5-6,8,11H,3-4,7,9-10H2,1-2H3,(H,15,16)(H,17,19). The van der Waals surface area contributed by atoms with Crippen LogP contribution in [0.3, 0.4) is 0 Å². The van der Waals surface area contributed by atoms with E-state index in [9.17, 15) is 4.79 Å². The summed E-state index contributed by atoms with van der Waals surface area (Å²) in [6, 6.07) is 3.61. The number of pyridine rings is 1. The summed E-state index contributed by atoms with van der Waals surface area (Å²) in [5.41, 5.74) is 1.37. The molecular formula is C14H22N4O. The normalized spacial score (nSPS) is 20.0. The Bertz CT molecular complexity index is 435. The maximum Gasteiger partial charge on any atom is 0.269 e. The molecule has 0 saturated carbocycles. The summed E-state index contributed by atoms with van der Waals surface area (Å²) in [5.74, 6) is 0.459. The second kappa shape index (κ2) is 6.52. The smallest absolute Gasteiger partial charge is 0.269 e. The van der Waals surface area contributed by atoms with E-state index in [0.29, 0.717) is 11.6 Å². The SMILES string of the molecule is CNc1ccnc(C(=O)NCC2CCCN(C)C2)c1. The molecule has 1 amide bonds. The summed E-state index contributed by atoms with van der Waals surface area (Å²) < 4.78 is 0. The molecule has 1 aliphatic rings. The van der Waals surface area contributed by atoms with E-state index in [0.717, 1.165) is 25.3 Å². The van der Waals surface area contributed by atoms with Gasteiger partial charge in [-0.25, -0.2) is 0 Å². The number of carbonyl (C=O) groups is 1. The number of aromatic nitrogens is 1. The molecule has 19 heavy (non-hydrogen) atoms. The van der Waals surface area contributed by atoms with Gasteiger partial charge in [0.2, 0.25) is 0 Å². The Balaban J connectivity index is 1.86. The third-order valence-corrected chi connectivity index (χ3v) is 3.55. The Morgan fingerprint density at radius 1 is 1.58 bits per heavy atom. The van der Waals surface area contributed by atoms with Crippen LogP contribution in [0.5, 0.6) is 0 Å². The molecule has 5 nitrogen and oxygen atoms in total. The van der Waals surface area contributed by atoms with Gasteiger partial charge in [-0.3, -0.25) is 9.78 Å². The van der Waals surface area contributed by atoms with Crippen molar-refractivity contribution < 1.29 is 4.79 Å². The molecule has 1 aromatic heterocycles. The van der Waals surface area contributed by atoms with E-state index in [-0.39, 0.29) is 5.91 Å². The van der Waals surface area contributed by atoms with Gasteiger partial charge in [0, 0.05) is 32.0 Å². The summed E-state index contributed by atoms with van der Waals surface area (Å²) in [5, 5.41) is 5.99. The fraction of sp³-hybridized carbons (Fsp3) is 0.571. The zero-order valence-electron chi connectivity index (χ0n) is 11.6. The van der Waals surface area contributed by atoms with Crippen molar-refractivity contribution in [3.05, 3.63) is 24.0 Å². The van der Waals surface area contributed by atoms with E-state index in [1.807, 2.05) is 13.1 Å². The van der Waals surface area contributed by atoms with Crippen LogP contribution in [0.1, 0.15) is 23.3 Å². The summed E-state index contributed by atoms with van der Waals surface area (Å²) in [6.45, 7) is 2.95. The average Bonchev–Trinajstić information content (AvgIpc) is 2.45. The van der Waals surface area contributed by atoms with Crippen molar-refractivity contribution in [3.8, 4) is 0 Å². The molecule has 2 rings (SSSR count). The van der Waals surface area contributed by atoms with Crippen molar-refractivity contribution in [3.63, 3.8) is 0 Å². The molecule has 0 aromatic carbocycles. The predicted octanol–water partition coefficient (Wildman–Crippen LogP) is 1.19. The molecule has 1 aromatic rings. The first kappa shape index (κ1) is 13.8. The number of hydrogen-bond donors (Lipinski definition) is 2. The molecule has 0 radical (unpaired) electrons. The Hall–Kier alpha value is -1.62. The van der Waals surface area contributed by atoms with Gasteiger partial charge in [0.15, 0.2) is 0 Å². The van der Waals surface area contributed by atoms with Crippen LogP contribution in [-0.2, 0) is 0 Å². The van der Waals surface area contributed by atoms with Crippen LogP contribution in [-0.4, -0.2) is 49.5 Å². The summed E-state index contributed by atoms with van der Waals surface area (Å²) >= 11 is 0. The van der Waals surface area contributed by atoms with Gasteiger partial charge >= 0.3 is 0 Å². The molecule has 1 saturated heterocycles. The summed E-state index contributed by atoms with van der Waals surface area (Å²) in [4.78, 5) is 18.4. The minimum absolute atomic E-state index is 0.0923. The number of amides is 1. The second-order valence-corrected chi connectivity index (χ2v) is 5.16. The molecule has 0 bridgehead atoms. The molecule has 1 unspecified atom stereocenters. The Labute approximate surface area is 114 Å². The number of nitrogens with zero attached hydrogens (tertiary/aromatic N) is 2.